The Morgan fingerprint density at radius 1 is 1.50 bits per heavy atom. The Morgan fingerprint density at radius 2 is 2.19 bits per heavy atom. The number of hydrogen-bond acceptors (Lipinski definition) is 1. The van der Waals surface area contributed by atoms with Crippen molar-refractivity contribution in [3.63, 3.8) is 0 Å². The van der Waals surface area contributed by atoms with Gasteiger partial charge in [0.05, 0.1) is 0 Å². The number of anilines is 1. The monoisotopic (exact) mass is 215 g/mol. The third-order valence-electron chi connectivity index (χ3n) is 3.25. The molecule has 2 heteroatoms. The SMILES string of the molecule is C=CC(=O)N1CC(C(C)C)c2ccccc21. The van der Waals surface area contributed by atoms with Crippen molar-refractivity contribution in [2.45, 2.75) is 19.8 Å². The van der Waals surface area contributed by atoms with Gasteiger partial charge in [0.15, 0.2) is 0 Å². The first-order chi connectivity index (χ1) is 7.65. The molecule has 1 aliphatic rings. The molecule has 1 unspecified atom stereocenters. The predicted molar refractivity (Wildman–Crippen MR) is 66.6 cm³/mol. The molecule has 1 heterocycles. The first kappa shape index (κ1) is 10.9. The molecule has 0 saturated carbocycles. The number of benzene rings is 1. The number of fused-ring (bicyclic) bond motifs is 1. The lowest BCUT2D eigenvalue weighted by molar-refractivity contribution is -0.114. The van der Waals surface area contributed by atoms with Crippen LogP contribution in [-0.4, -0.2) is 12.5 Å². The first-order valence-corrected chi connectivity index (χ1v) is 5.68. The maximum Gasteiger partial charge on any atom is 0.250 e. The standard InChI is InChI=1S/C14H17NO/c1-4-14(16)15-9-12(10(2)3)11-7-5-6-8-13(11)15/h4-8,10,12H,1,9H2,2-3H3. The number of para-hydroxylation sites is 1. The maximum atomic E-state index is 11.8. The number of carbonyl (C=O) groups is 1. The summed E-state index contributed by atoms with van der Waals surface area (Å²) in [6.45, 7) is 8.73. The molecule has 2 rings (SSSR count). The van der Waals surface area contributed by atoms with Crippen LogP contribution in [0.1, 0.15) is 25.3 Å². The van der Waals surface area contributed by atoms with Gasteiger partial charge in [-0.1, -0.05) is 38.6 Å². The van der Waals surface area contributed by atoms with Gasteiger partial charge in [-0.2, -0.15) is 0 Å². The van der Waals surface area contributed by atoms with Gasteiger partial charge in [0.2, 0.25) is 5.91 Å². The first-order valence-electron chi connectivity index (χ1n) is 5.68. The van der Waals surface area contributed by atoms with Crippen LogP contribution in [0.3, 0.4) is 0 Å². The van der Waals surface area contributed by atoms with Crippen LogP contribution in [0.2, 0.25) is 0 Å². The van der Waals surface area contributed by atoms with E-state index in [0.717, 1.165) is 12.2 Å². The van der Waals surface area contributed by atoms with Crippen molar-refractivity contribution in [1.29, 1.82) is 0 Å². The zero-order chi connectivity index (χ0) is 11.7. The van der Waals surface area contributed by atoms with Crippen molar-refractivity contribution in [2.24, 2.45) is 5.92 Å². The molecule has 1 atom stereocenters. The van der Waals surface area contributed by atoms with E-state index in [2.05, 4.69) is 26.5 Å². The minimum absolute atomic E-state index is 0.00407. The topological polar surface area (TPSA) is 20.3 Å². The molecule has 1 amide bonds. The molecule has 1 aromatic carbocycles. The van der Waals surface area contributed by atoms with E-state index in [0.29, 0.717) is 11.8 Å². The summed E-state index contributed by atoms with van der Waals surface area (Å²) in [6.07, 6.45) is 1.39. The van der Waals surface area contributed by atoms with Crippen molar-refractivity contribution in [3.8, 4) is 0 Å². The highest BCUT2D eigenvalue weighted by molar-refractivity contribution is 6.02. The molecule has 0 saturated heterocycles. The average molecular weight is 215 g/mol. The predicted octanol–water partition coefficient (Wildman–Crippen LogP) is 2.96. The molecule has 0 aliphatic carbocycles. The van der Waals surface area contributed by atoms with E-state index in [9.17, 15) is 4.79 Å². The van der Waals surface area contributed by atoms with Crippen LogP contribution < -0.4 is 4.90 Å². The Morgan fingerprint density at radius 3 is 2.81 bits per heavy atom. The molecule has 0 spiro atoms. The number of hydrogen-bond donors (Lipinski definition) is 0. The molecule has 0 N–H and O–H groups in total. The largest absolute Gasteiger partial charge is 0.308 e. The molecule has 1 aromatic rings. The summed E-state index contributed by atoms with van der Waals surface area (Å²) in [5.74, 6) is 0.986. The van der Waals surface area contributed by atoms with Crippen molar-refractivity contribution in [1.82, 2.24) is 0 Å². The van der Waals surface area contributed by atoms with Crippen LogP contribution in [0.5, 0.6) is 0 Å². The van der Waals surface area contributed by atoms with Crippen LogP contribution in [-0.2, 0) is 4.79 Å². The molecule has 0 fully saturated rings. The molecule has 1 aliphatic heterocycles. The Hall–Kier alpha value is -1.57. The fraction of sp³-hybridized carbons (Fsp3) is 0.357. The molecule has 0 radical (unpaired) electrons. The molecule has 0 bridgehead atoms. The van der Waals surface area contributed by atoms with Gasteiger partial charge in [-0.3, -0.25) is 4.79 Å². The van der Waals surface area contributed by atoms with Crippen molar-refractivity contribution >= 4 is 11.6 Å². The highest BCUT2D eigenvalue weighted by Gasteiger charge is 2.32. The second-order valence-corrected chi connectivity index (χ2v) is 4.56. The second-order valence-electron chi connectivity index (χ2n) is 4.56. The molecule has 16 heavy (non-hydrogen) atoms. The number of amides is 1. The second kappa shape index (κ2) is 4.12. The van der Waals surface area contributed by atoms with E-state index < -0.39 is 0 Å². The Labute approximate surface area is 96.6 Å². The number of carbonyl (C=O) groups excluding carboxylic acids is 1. The van der Waals surface area contributed by atoms with Crippen molar-refractivity contribution in [3.05, 3.63) is 42.5 Å². The quantitative estimate of drug-likeness (QED) is 0.694. The minimum atomic E-state index is -0.00407. The van der Waals surface area contributed by atoms with Gasteiger partial charge in [0.1, 0.15) is 0 Å². The average Bonchev–Trinajstić information content (AvgIpc) is 2.67. The summed E-state index contributed by atoms with van der Waals surface area (Å²) >= 11 is 0. The van der Waals surface area contributed by atoms with Crippen LogP contribution in [0.4, 0.5) is 5.69 Å². The Balaban J connectivity index is 2.42. The van der Waals surface area contributed by atoms with Gasteiger partial charge in [0.25, 0.3) is 0 Å². The lowest BCUT2D eigenvalue weighted by atomic mass is 9.90. The van der Waals surface area contributed by atoms with Gasteiger partial charge in [-0.25, -0.2) is 0 Å². The van der Waals surface area contributed by atoms with Crippen LogP contribution >= 0.6 is 0 Å². The van der Waals surface area contributed by atoms with E-state index in [-0.39, 0.29) is 5.91 Å². The minimum Gasteiger partial charge on any atom is -0.308 e. The lowest BCUT2D eigenvalue weighted by Gasteiger charge is -2.17. The van der Waals surface area contributed by atoms with Gasteiger partial charge in [-0.05, 0) is 23.6 Å². The van der Waals surface area contributed by atoms with Gasteiger partial charge >= 0.3 is 0 Å². The zero-order valence-corrected chi connectivity index (χ0v) is 9.81. The maximum absolute atomic E-state index is 11.8. The lowest BCUT2D eigenvalue weighted by Crippen LogP contribution is -2.28. The van der Waals surface area contributed by atoms with Crippen LogP contribution in [0.15, 0.2) is 36.9 Å². The van der Waals surface area contributed by atoms with E-state index >= 15 is 0 Å². The number of nitrogens with zero attached hydrogens (tertiary/aromatic N) is 1. The molecule has 2 nitrogen and oxygen atoms in total. The fourth-order valence-electron chi connectivity index (χ4n) is 2.33. The zero-order valence-electron chi connectivity index (χ0n) is 9.81. The molecular weight excluding hydrogens is 198 g/mol. The van der Waals surface area contributed by atoms with Crippen LogP contribution in [0, 0.1) is 5.92 Å². The van der Waals surface area contributed by atoms with Crippen molar-refractivity contribution in [2.75, 3.05) is 11.4 Å². The van der Waals surface area contributed by atoms with Gasteiger partial charge < -0.3 is 4.90 Å². The van der Waals surface area contributed by atoms with E-state index in [1.54, 1.807) is 0 Å². The summed E-state index contributed by atoms with van der Waals surface area (Å²) in [5, 5.41) is 0. The third kappa shape index (κ3) is 1.64. The Kier molecular flexibility index (Phi) is 2.82. The van der Waals surface area contributed by atoms with E-state index in [4.69, 9.17) is 0 Å². The Bertz CT molecular complexity index is 422. The molecular formula is C14H17NO. The summed E-state index contributed by atoms with van der Waals surface area (Å²) < 4.78 is 0. The summed E-state index contributed by atoms with van der Waals surface area (Å²) in [4.78, 5) is 13.6. The fourth-order valence-corrected chi connectivity index (χ4v) is 2.33. The molecule has 84 valence electrons. The van der Waals surface area contributed by atoms with E-state index in [1.807, 2.05) is 23.1 Å². The van der Waals surface area contributed by atoms with Crippen molar-refractivity contribution < 1.29 is 4.79 Å². The third-order valence-corrected chi connectivity index (χ3v) is 3.25. The summed E-state index contributed by atoms with van der Waals surface area (Å²) in [6, 6.07) is 8.15. The highest BCUT2D eigenvalue weighted by Crippen LogP contribution is 2.39. The van der Waals surface area contributed by atoms with E-state index in [1.165, 1.54) is 11.6 Å². The molecule has 0 aromatic heterocycles. The normalized spacial score (nSPS) is 18.7. The summed E-state index contributed by atoms with van der Waals surface area (Å²) in [5.41, 5.74) is 2.33. The summed E-state index contributed by atoms with van der Waals surface area (Å²) in [7, 11) is 0. The number of rotatable bonds is 2. The highest BCUT2D eigenvalue weighted by atomic mass is 16.2. The smallest absolute Gasteiger partial charge is 0.250 e. The van der Waals surface area contributed by atoms with Crippen LogP contribution in [0.25, 0.3) is 0 Å². The van der Waals surface area contributed by atoms with Gasteiger partial charge in [0, 0.05) is 18.2 Å². The van der Waals surface area contributed by atoms with Gasteiger partial charge in [-0.15, -0.1) is 0 Å².